The molecule has 0 amide bonds. The minimum atomic E-state index is -0.171. The highest BCUT2D eigenvalue weighted by Crippen LogP contribution is 2.18. The fraction of sp³-hybridized carbons (Fsp3) is 0.250. The Kier molecular flexibility index (Phi) is 5.80. The van der Waals surface area contributed by atoms with Crippen LogP contribution in [0, 0.1) is 17.8 Å². The van der Waals surface area contributed by atoms with Gasteiger partial charge in [-0.1, -0.05) is 60.8 Å². The minimum Gasteiger partial charge on any atom is -0.469 e. The van der Waals surface area contributed by atoms with Crippen molar-refractivity contribution in [2.45, 2.75) is 19.8 Å². The molecule has 1 aliphatic carbocycles. The molecule has 2 nitrogen and oxygen atoms in total. The Morgan fingerprint density at radius 2 is 1.95 bits per heavy atom. The summed E-state index contributed by atoms with van der Waals surface area (Å²) in [6, 6.07) is 9.93. The number of carbonyl (C=O) groups is 1. The topological polar surface area (TPSA) is 26.3 Å². The van der Waals surface area contributed by atoms with E-state index in [2.05, 4.69) is 24.0 Å². The standard InChI is InChI=1S/C20H20O2/c1-16(20(21)22-2)15-19-10-6-9-18(13-14-19)12-11-17-7-4-3-5-8-17/h3-5,7-10,13-14,16H,6,15H2,1-2H3/t16-/m0/s1. The number of rotatable bonds is 3. The van der Waals surface area contributed by atoms with Crippen molar-refractivity contribution in [1.29, 1.82) is 0 Å². The van der Waals surface area contributed by atoms with E-state index in [0.29, 0.717) is 6.42 Å². The second-order valence-corrected chi connectivity index (χ2v) is 5.25. The van der Waals surface area contributed by atoms with E-state index in [1.165, 1.54) is 7.11 Å². The van der Waals surface area contributed by atoms with Gasteiger partial charge in [0.2, 0.25) is 0 Å². The van der Waals surface area contributed by atoms with Crippen molar-refractivity contribution in [1.82, 2.24) is 0 Å². The Morgan fingerprint density at radius 3 is 2.68 bits per heavy atom. The number of carbonyl (C=O) groups excluding carboxylic acids is 1. The number of methoxy groups -OCH3 is 1. The van der Waals surface area contributed by atoms with E-state index in [4.69, 9.17) is 4.74 Å². The summed E-state index contributed by atoms with van der Waals surface area (Å²) in [7, 11) is 1.43. The van der Waals surface area contributed by atoms with Crippen molar-refractivity contribution < 1.29 is 9.53 Å². The van der Waals surface area contributed by atoms with Crippen molar-refractivity contribution >= 4 is 5.97 Å². The molecule has 22 heavy (non-hydrogen) atoms. The van der Waals surface area contributed by atoms with Crippen molar-refractivity contribution in [2.24, 2.45) is 5.92 Å². The highest BCUT2D eigenvalue weighted by Gasteiger charge is 2.14. The molecule has 0 saturated heterocycles. The van der Waals surface area contributed by atoms with E-state index in [1.807, 2.05) is 49.4 Å². The second-order valence-electron chi connectivity index (χ2n) is 5.25. The molecule has 112 valence electrons. The Morgan fingerprint density at radius 1 is 1.18 bits per heavy atom. The molecule has 0 spiro atoms. The lowest BCUT2D eigenvalue weighted by molar-refractivity contribution is -0.144. The molecule has 2 rings (SSSR count). The molecule has 0 N–H and O–H groups in total. The van der Waals surface area contributed by atoms with Gasteiger partial charge in [-0.25, -0.2) is 0 Å². The van der Waals surface area contributed by atoms with Crippen LogP contribution in [0.15, 0.2) is 65.8 Å². The maximum Gasteiger partial charge on any atom is 0.308 e. The van der Waals surface area contributed by atoms with Gasteiger partial charge in [-0.2, -0.15) is 0 Å². The van der Waals surface area contributed by atoms with E-state index >= 15 is 0 Å². The van der Waals surface area contributed by atoms with Crippen LogP contribution in [0.2, 0.25) is 0 Å². The van der Waals surface area contributed by atoms with Gasteiger partial charge < -0.3 is 4.74 Å². The van der Waals surface area contributed by atoms with Crippen LogP contribution in [0.3, 0.4) is 0 Å². The maximum atomic E-state index is 11.5. The Hall–Kier alpha value is -2.53. The third-order valence-electron chi connectivity index (χ3n) is 3.47. The highest BCUT2D eigenvalue weighted by atomic mass is 16.5. The van der Waals surface area contributed by atoms with E-state index in [1.54, 1.807) is 0 Å². The average Bonchev–Trinajstić information content (AvgIpc) is 2.78. The maximum absolute atomic E-state index is 11.5. The van der Waals surface area contributed by atoms with E-state index in [0.717, 1.165) is 23.1 Å². The zero-order valence-electron chi connectivity index (χ0n) is 13.0. The van der Waals surface area contributed by atoms with Crippen LogP contribution in [-0.2, 0) is 9.53 Å². The van der Waals surface area contributed by atoms with Crippen LogP contribution in [-0.4, -0.2) is 13.1 Å². The highest BCUT2D eigenvalue weighted by molar-refractivity contribution is 5.72. The molecule has 0 heterocycles. The summed E-state index contributed by atoms with van der Waals surface area (Å²) in [5, 5.41) is 0. The van der Waals surface area contributed by atoms with Gasteiger partial charge >= 0.3 is 5.97 Å². The molecule has 1 aromatic carbocycles. The average molecular weight is 292 g/mol. The van der Waals surface area contributed by atoms with Gasteiger partial charge in [0.25, 0.3) is 0 Å². The van der Waals surface area contributed by atoms with Gasteiger partial charge in [-0.05, 0) is 31.1 Å². The van der Waals surface area contributed by atoms with Crippen LogP contribution in [0.25, 0.3) is 0 Å². The van der Waals surface area contributed by atoms with Crippen LogP contribution in [0.5, 0.6) is 0 Å². The van der Waals surface area contributed by atoms with Crippen LogP contribution >= 0.6 is 0 Å². The van der Waals surface area contributed by atoms with Gasteiger partial charge in [0, 0.05) is 11.1 Å². The Balaban J connectivity index is 2.00. The van der Waals surface area contributed by atoms with Crippen molar-refractivity contribution in [3.8, 4) is 11.8 Å². The van der Waals surface area contributed by atoms with E-state index in [9.17, 15) is 4.79 Å². The molecule has 2 heteroatoms. The summed E-state index contributed by atoms with van der Waals surface area (Å²) in [4.78, 5) is 11.5. The molecule has 0 fully saturated rings. The van der Waals surface area contributed by atoms with Crippen LogP contribution in [0.4, 0.5) is 0 Å². The lowest BCUT2D eigenvalue weighted by atomic mass is 10.0. The van der Waals surface area contributed by atoms with Gasteiger partial charge in [0.1, 0.15) is 0 Å². The summed E-state index contributed by atoms with van der Waals surface area (Å²) < 4.78 is 4.77. The zero-order valence-corrected chi connectivity index (χ0v) is 13.0. The summed E-state index contributed by atoms with van der Waals surface area (Å²) in [6.45, 7) is 1.88. The van der Waals surface area contributed by atoms with Gasteiger partial charge in [-0.15, -0.1) is 0 Å². The van der Waals surface area contributed by atoms with Crippen LogP contribution in [0.1, 0.15) is 25.3 Å². The first-order valence-corrected chi connectivity index (χ1v) is 7.41. The van der Waals surface area contributed by atoms with Gasteiger partial charge in [0.05, 0.1) is 13.0 Å². The molecular formula is C20H20O2. The third kappa shape index (κ3) is 4.79. The zero-order chi connectivity index (χ0) is 15.8. The van der Waals surface area contributed by atoms with Crippen LogP contribution < -0.4 is 0 Å². The number of ether oxygens (including phenoxy) is 1. The minimum absolute atomic E-state index is 0.127. The third-order valence-corrected chi connectivity index (χ3v) is 3.47. The molecule has 1 aliphatic rings. The second kappa shape index (κ2) is 8.05. The molecule has 1 aromatic rings. The normalized spacial score (nSPS) is 14.8. The van der Waals surface area contributed by atoms with Gasteiger partial charge in [0.15, 0.2) is 0 Å². The summed E-state index contributed by atoms with van der Waals surface area (Å²) >= 11 is 0. The molecule has 0 aromatic heterocycles. The molecule has 0 bridgehead atoms. The number of hydrogen-bond donors (Lipinski definition) is 0. The Labute approximate surface area is 132 Å². The number of allylic oxidation sites excluding steroid dienone is 6. The first kappa shape index (κ1) is 15.9. The predicted octanol–water partition coefficient (Wildman–Crippen LogP) is 4.05. The summed E-state index contributed by atoms with van der Waals surface area (Å²) in [5.74, 6) is 6.05. The fourth-order valence-corrected chi connectivity index (χ4v) is 2.22. The number of hydrogen-bond acceptors (Lipinski definition) is 2. The molecule has 1 atom stereocenters. The van der Waals surface area contributed by atoms with Crippen molar-refractivity contribution in [3.05, 3.63) is 71.3 Å². The lowest BCUT2D eigenvalue weighted by Crippen LogP contribution is -2.12. The summed E-state index contributed by atoms with van der Waals surface area (Å²) in [5.41, 5.74) is 3.15. The molecule has 0 radical (unpaired) electrons. The van der Waals surface area contributed by atoms with E-state index < -0.39 is 0 Å². The fourth-order valence-electron chi connectivity index (χ4n) is 2.22. The largest absolute Gasteiger partial charge is 0.469 e. The lowest BCUT2D eigenvalue weighted by Gasteiger charge is -2.09. The smallest absolute Gasteiger partial charge is 0.308 e. The van der Waals surface area contributed by atoms with Crippen molar-refractivity contribution in [3.63, 3.8) is 0 Å². The summed E-state index contributed by atoms with van der Waals surface area (Å²) in [6.07, 6.45) is 9.80. The number of benzene rings is 1. The molecule has 0 saturated carbocycles. The predicted molar refractivity (Wildman–Crippen MR) is 89.0 cm³/mol. The monoisotopic (exact) mass is 292 g/mol. The first-order valence-electron chi connectivity index (χ1n) is 7.41. The first-order chi connectivity index (χ1) is 10.7. The Bertz CT molecular complexity index is 667. The van der Waals surface area contributed by atoms with Crippen molar-refractivity contribution in [2.75, 3.05) is 7.11 Å². The quantitative estimate of drug-likeness (QED) is 0.620. The molecular weight excluding hydrogens is 272 g/mol. The molecule has 0 aliphatic heterocycles. The number of esters is 1. The van der Waals surface area contributed by atoms with E-state index in [-0.39, 0.29) is 11.9 Å². The van der Waals surface area contributed by atoms with Gasteiger partial charge in [-0.3, -0.25) is 4.79 Å². The molecule has 0 unspecified atom stereocenters. The SMILES string of the molecule is COC(=O)[C@@H](C)CC1=CCC=C(C#Cc2ccccc2)C=C1.